The lowest BCUT2D eigenvalue weighted by atomic mass is 10.0. The van der Waals surface area contributed by atoms with Gasteiger partial charge in [0.05, 0.1) is 11.4 Å². The first-order valence-corrected chi connectivity index (χ1v) is 18.2. The molecule has 2 aromatic heterocycles. The van der Waals surface area contributed by atoms with Crippen molar-refractivity contribution in [2.45, 2.75) is 6.54 Å². The summed E-state index contributed by atoms with van der Waals surface area (Å²) >= 11 is 13.0. The van der Waals surface area contributed by atoms with Crippen molar-refractivity contribution in [1.82, 2.24) is 14.5 Å². The highest BCUT2D eigenvalue weighted by atomic mass is 35.5. The second kappa shape index (κ2) is 13.8. The lowest BCUT2D eigenvalue weighted by Gasteiger charge is -2.24. The standard InChI is InChI=1S/C43H30Cl2N3P/c44-38-27-30(28-39(45)46-38)29-48-42(33-18-7-2-8-19-33)41(32-16-5-1-6-17-32)47-43(48)40-36-24-14-13-15-31(36)25-26-37(40)49(34-20-9-3-10-21-34)35-22-11-4-12-23-35/h1-28H,29H2. The van der Waals surface area contributed by atoms with Crippen LogP contribution in [0.1, 0.15) is 5.56 Å². The lowest BCUT2D eigenvalue weighted by molar-refractivity contribution is 0.814. The molecule has 0 atom stereocenters. The third kappa shape index (κ3) is 6.30. The molecular weight excluding hydrogens is 660 g/mol. The average Bonchev–Trinajstić information content (AvgIpc) is 3.51. The van der Waals surface area contributed by atoms with Crippen LogP contribution in [-0.4, -0.2) is 14.5 Å². The van der Waals surface area contributed by atoms with Crippen molar-refractivity contribution in [2.75, 3.05) is 0 Å². The number of halogens is 2. The molecule has 8 rings (SSSR count). The predicted molar refractivity (Wildman–Crippen MR) is 208 cm³/mol. The maximum absolute atomic E-state index is 6.49. The van der Waals surface area contributed by atoms with Crippen LogP contribution in [0.2, 0.25) is 10.3 Å². The van der Waals surface area contributed by atoms with Gasteiger partial charge in [-0.1, -0.05) is 181 Å². The fourth-order valence-electron chi connectivity index (χ4n) is 6.53. The highest BCUT2D eigenvalue weighted by Crippen LogP contribution is 2.43. The molecule has 3 nitrogen and oxygen atoms in total. The molecule has 0 saturated heterocycles. The summed E-state index contributed by atoms with van der Waals surface area (Å²) in [5, 5.41) is 6.81. The van der Waals surface area contributed by atoms with Crippen LogP contribution in [-0.2, 0) is 6.54 Å². The number of nitrogens with zero attached hydrogens (tertiary/aromatic N) is 3. The third-order valence-electron chi connectivity index (χ3n) is 8.63. The molecule has 0 amide bonds. The molecule has 6 aromatic carbocycles. The molecule has 0 N–H and O–H groups in total. The Hall–Kier alpha value is -5.05. The molecule has 49 heavy (non-hydrogen) atoms. The van der Waals surface area contributed by atoms with Crippen molar-refractivity contribution in [2.24, 2.45) is 0 Å². The van der Waals surface area contributed by atoms with Gasteiger partial charge in [-0.3, -0.25) is 0 Å². The number of pyridine rings is 1. The Labute approximate surface area is 297 Å². The largest absolute Gasteiger partial charge is 0.319 e. The minimum atomic E-state index is -0.960. The molecule has 0 unspecified atom stereocenters. The molecule has 8 aromatic rings. The van der Waals surface area contributed by atoms with E-state index in [1.54, 1.807) is 0 Å². The quantitative estimate of drug-likeness (QED) is 0.117. The first-order chi connectivity index (χ1) is 24.1. The van der Waals surface area contributed by atoms with E-state index in [-0.39, 0.29) is 0 Å². The molecular formula is C43H30Cl2N3P. The summed E-state index contributed by atoms with van der Waals surface area (Å²) in [5.41, 5.74) is 6.10. The fourth-order valence-corrected chi connectivity index (χ4v) is 9.50. The highest BCUT2D eigenvalue weighted by Gasteiger charge is 2.28. The van der Waals surface area contributed by atoms with Crippen LogP contribution < -0.4 is 15.9 Å². The average molecular weight is 691 g/mol. The lowest BCUT2D eigenvalue weighted by Crippen LogP contribution is -2.23. The predicted octanol–water partition coefficient (Wildman–Crippen LogP) is 10.5. The molecule has 0 saturated carbocycles. The van der Waals surface area contributed by atoms with E-state index in [2.05, 4.69) is 155 Å². The monoisotopic (exact) mass is 689 g/mol. The maximum atomic E-state index is 6.49. The van der Waals surface area contributed by atoms with Gasteiger partial charge in [-0.15, -0.1) is 0 Å². The summed E-state index contributed by atoms with van der Waals surface area (Å²) in [6, 6.07) is 59.6. The van der Waals surface area contributed by atoms with Gasteiger partial charge in [-0.05, 0) is 52.3 Å². The van der Waals surface area contributed by atoms with Crippen LogP contribution in [0.3, 0.4) is 0 Å². The van der Waals surface area contributed by atoms with Gasteiger partial charge in [0.25, 0.3) is 0 Å². The molecule has 2 heterocycles. The Kier molecular flexibility index (Phi) is 8.81. The number of hydrogen-bond acceptors (Lipinski definition) is 2. The van der Waals surface area contributed by atoms with Crippen LogP contribution in [0.4, 0.5) is 0 Å². The van der Waals surface area contributed by atoms with E-state index in [9.17, 15) is 0 Å². The van der Waals surface area contributed by atoms with E-state index in [1.807, 2.05) is 24.3 Å². The van der Waals surface area contributed by atoms with Crippen LogP contribution in [0.15, 0.2) is 170 Å². The topological polar surface area (TPSA) is 30.7 Å². The number of fused-ring (bicyclic) bond motifs is 1. The van der Waals surface area contributed by atoms with Gasteiger partial charge in [0.1, 0.15) is 16.1 Å². The molecule has 0 aliphatic carbocycles. The van der Waals surface area contributed by atoms with Crippen molar-refractivity contribution in [3.8, 4) is 33.9 Å². The molecule has 0 aliphatic heterocycles. The number of rotatable bonds is 8. The second-order valence-electron chi connectivity index (χ2n) is 11.8. The van der Waals surface area contributed by atoms with E-state index < -0.39 is 7.92 Å². The summed E-state index contributed by atoms with van der Waals surface area (Å²) in [5.74, 6) is 0.882. The van der Waals surface area contributed by atoms with Gasteiger partial charge in [0, 0.05) is 23.2 Å². The van der Waals surface area contributed by atoms with Gasteiger partial charge in [-0.2, -0.15) is 0 Å². The van der Waals surface area contributed by atoms with Crippen LogP contribution in [0, 0.1) is 0 Å². The third-order valence-corrected chi connectivity index (χ3v) is 11.5. The summed E-state index contributed by atoms with van der Waals surface area (Å²) in [6.45, 7) is 0.485. The zero-order valence-electron chi connectivity index (χ0n) is 26.4. The summed E-state index contributed by atoms with van der Waals surface area (Å²) < 4.78 is 2.34. The zero-order valence-corrected chi connectivity index (χ0v) is 28.8. The van der Waals surface area contributed by atoms with E-state index in [0.717, 1.165) is 50.2 Å². The van der Waals surface area contributed by atoms with E-state index in [1.165, 1.54) is 15.9 Å². The van der Waals surface area contributed by atoms with Crippen molar-refractivity contribution < 1.29 is 0 Å². The van der Waals surface area contributed by atoms with Gasteiger partial charge in [0.2, 0.25) is 0 Å². The first-order valence-electron chi connectivity index (χ1n) is 16.1. The zero-order chi connectivity index (χ0) is 33.2. The Bertz CT molecular complexity index is 2320. The SMILES string of the molecule is Clc1cc(Cn2c(-c3c(P(c4ccccc4)c4ccccc4)ccc4ccccc34)nc(-c3ccccc3)c2-c2ccccc2)cc(Cl)n1. The van der Waals surface area contributed by atoms with Crippen molar-refractivity contribution in [3.63, 3.8) is 0 Å². The number of hydrogen-bond donors (Lipinski definition) is 0. The molecule has 0 bridgehead atoms. The second-order valence-corrected chi connectivity index (χ2v) is 14.7. The van der Waals surface area contributed by atoms with Gasteiger partial charge >= 0.3 is 0 Å². The minimum absolute atomic E-state index is 0.358. The van der Waals surface area contributed by atoms with Gasteiger partial charge in [0.15, 0.2) is 0 Å². The normalized spacial score (nSPS) is 11.3. The first kappa shape index (κ1) is 31.2. The van der Waals surface area contributed by atoms with Gasteiger partial charge < -0.3 is 4.57 Å². The molecule has 236 valence electrons. The van der Waals surface area contributed by atoms with E-state index in [4.69, 9.17) is 28.2 Å². The molecule has 6 heteroatoms. The van der Waals surface area contributed by atoms with Crippen molar-refractivity contribution >= 4 is 57.8 Å². The Balaban J connectivity index is 1.50. The van der Waals surface area contributed by atoms with Crippen LogP contribution >= 0.6 is 31.1 Å². The van der Waals surface area contributed by atoms with Crippen molar-refractivity contribution in [1.29, 1.82) is 0 Å². The molecule has 0 fully saturated rings. The number of benzene rings is 6. The van der Waals surface area contributed by atoms with Crippen molar-refractivity contribution in [3.05, 3.63) is 186 Å². The van der Waals surface area contributed by atoms with E-state index >= 15 is 0 Å². The Morgan fingerprint density at radius 2 is 1.06 bits per heavy atom. The Morgan fingerprint density at radius 1 is 0.531 bits per heavy atom. The minimum Gasteiger partial charge on any atom is -0.319 e. The maximum Gasteiger partial charge on any atom is 0.142 e. The summed E-state index contributed by atoms with van der Waals surface area (Å²) in [6.07, 6.45) is 0. The van der Waals surface area contributed by atoms with E-state index in [0.29, 0.717) is 16.9 Å². The molecule has 0 aliphatic rings. The smallest absolute Gasteiger partial charge is 0.142 e. The fraction of sp³-hybridized carbons (Fsp3) is 0.0233. The van der Waals surface area contributed by atoms with Gasteiger partial charge in [-0.25, -0.2) is 9.97 Å². The highest BCUT2D eigenvalue weighted by molar-refractivity contribution is 7.80. The molecule has 0 spiro atoms. The van der Waals surface area contributed by atoms with Crippen LogP contribution in [0.5, 0.6) is 0 Å². The summed E-state index contributed by atoms with van der Waals surface area (Å²) in [7, 11) is -0.960. The number of aromatic nitrogens is 3. The summed E-state index contributed by atoms with van der Waals surface area (Å²) in [4.78, 5) is 9.88. The molecule has 0 radical (unpaired) electrons. The van der Waals surface area contributed by atoms with Crippen LogP contribution in [0.25, 0.3) is 44.7 Å². The Morgan fingerprint density at radius 3 is 1.67 bits per heavy atom. The number of imidazole rings is 1.